The van der Waals surface area contributed by atoms with Crippen molar-refractivity contribution in [3.8, 4) is 11.5 Å². The molecule has 4 heterocycles. The van der Waals surface area contributed by atoms with Gasteiger partial charge >= 0.3 is 6.18 Å². The molecule has 0 saturated carbocycles. The van der Waals surface area contributed by atoms with Crippen molar-refractivity contribution in [3.05, 3.63) is 59.8 Å². The molecule has 5 rings (SSSR count). The van der Waals surface area contributed by atoms with E-state index in [1.807, 2.05) is 32.9 Å². The molecule has 3 aromatic heterocycles. The zero-order valence-electron chi connectivity index (χ0n) is 21.7. The van der Waals surface area contributed by atoms with E-state index < -0.39 is 17.8 Å². The SMILES string of the molecule is CNC1CCN([C@H](c2ccc3nnc(-c4ccc5ccc(C(=O)NC(C)(C)C)cc5n4)n3c2)C(F)(F)F)C1. The minimum absolute atomic E-state index is 0.0197. The molecule has 0 spiro atoms. The molecule has 4 aromatic rings. The Kier molecular flexibility index (Phi) is 6.60. The largest absolute Gasteiger partial charge is 0.408 e. The Balaban J connectivity index is 1.53. The predicted molar refractivity (Wildman–Crippen MR) is 139 cm³/mol. The number of likely N-dealkylation sites (tertiary alicyclic amines) is 1. The van der Waals surface area contributed by atoms with Crippen LogP contribution in [0.25, 0.3) is 28.1 Å². The lowest BCUT2D eigenvalue weighted by Crippen LogP contribution is -2.40. The average Bonchev–Trinajstić information content (AvgIpc) is 3.48. The van der Waals surface area contributed by atoms with Crippen LogP contribution in [0, 0.1) is 0 Å². The van der Waals surface area contributed by atoms with Crippen LogP contribution >= 0.6 is 0 Å². The van der Waals surface area contributed by atoms with E-state index in [0.717, 1.165) is 5.39 Å². The molecular formula is C27H30F3N7O. The second-order valence-electron chi connectivity index (χ2n) is 10.7. The number of alkyl halides is 3. The Bertz CT molecular complexity index is 1490. The number of benzene rings is 1. The molecule has 11 heteroatoms. The highest BCUT2D eigenvalue weighted by Crippen LogP contribution is 2.39. The summed E-state index contributed by atoms with van der Waals surface area (Å²) in [6.07, 6.45) is -2.34. The molecule has 200 valence electrons. The normalized spacial score (nSPS) is 17.8. The number of nitrogens with one attached hydrogen (secondary N) is 2. The number of pyridine rings is 2. The molecular weight excluding hydrogens is 495 g/mol. The third-order valence-electron chi connectivity index (χ3n) is 6.72. The molecule has 1 fully saturated rings. The van der Waals surface area contributed by atoms with Gasteiger partial charge in [-0.1, -0.05) is 18.2 Å². The topological polar surface area (TPSA) is 87.4 Å². The summed E-state index contributed by atoms with van der Waals surface area (Å²) < 4.78 is 44.4. The Morgan fingerprint density at radius 2 is 1.84 bits per heavy atom. The number of nitrogens with zero attached hydrogens (tertiary/aromatic N) is 5. The molecule has 0 aliphatic carbocycles. The number of fused-ring (bicyclic) bond motifs is 2. The van der Waals surface area contributed by atoms with Crippen molar-refractivity contribution in [2.45, 2.75) is 51.0 Å². The standard InChI is InChI=1S/C27H30F3N7O/c1-26(2,3)33-25(38)17-6-5-16-7-9-20(32-21(16)13-17)24-35-34-22-10-8-18(14-37(22)24)23(27(28,29)30)36-12-11-19(15-36)31-4/h5-10,13-14,19,23,31H,11-12,15H2,1-4H3,(H,33,38)/t19?,23-/m1/s1. The Labute approximate surface area is 218 Å². The number of carbonyl (C=O) groups excluding carboxylic acids is 1. The van der Waals surface area contributed by atoms with Crippen molar-refractivity contribution in [1.82, 2.24) is 35.1 Å². The smallest absolute Gasteiger partial charge is 0.347 e. The summed E-state index contributed by atoms with van der Waals surface area (Å²) in [4.78, 5) is 18.8. The number of hydrogen-bond donors (Lipinski definition) is 2. The summed E-state index contributed by atoms with van der Waals surface area (Å²) in [5.74, 6) is 0.105. The molecule has 0 bridgehead atoms. The van der Waals surface area contributed by atoms with E-state index in [0.29, 0.717) is 47.8 Å². The van der Waals surface area contributed by atoms with Crippen molar-refractivity contribution in [2.24, 2.45) is 0 Å². The molecule has 1 amide bonds. The quantitative estimate of drug-likeness (QED) is 0.403. The van der Waals surface area contributed by atoms with E-state index in [4.69, 9.17) is 0 Å². The third kappa shape index (κ3) is 5.21. The number of halogens is 3. The minimum Gasteiger partial charge on any atom is -0.347 e. The Morgan fingerprint density at radius 1 is 1.08 bits per heavy atom. The highest BCUT2D eigenvalue weighted by atomic mass is 19.4. The predicted octanol–water partition coefficient (Wildman–Crippen LogP) is 4.37. The van der Waals surface area contributed by atoms with Crippen LogP contribution in [0.1, 0.15) is 49.2 Å². The summed E-state index contributed by atoms with van der Waals surface area (Å²) in [6.45, 7) is 6.36. The van der Waals surface area contributed by atoms with Gasteiger partial charge in [-0.25, -0.2) is 4.98 Å². The first-order chi connectivity index (χ1) is 17.9. The van der Waals surface area contributed by atoms with Crippen LogP contribution in [0.2, 0.25) is 0 Å². The fourth-order valence-electron chi connectivity index (χ4n) is 4.90. The maximum atomic E-state index is 14.3. The van der Waals surface area contributed by atoms with Crippen molar-refractivity contribution in [2.75, 3.05) is 20.1 Å². The lowest BCUT2D eigenvalue weighted by Gasteiger charge is -2.30. The van der Waals surface area contributed by atoms with Crippen LogP contribution in [0.4, 0.5) is 13.2 Å². The molecule has 0 radical (unpaired) electrons. The molecule has 1 saturated heterocycles. The third-order valence-corrected chi connectivity index (χ3v) is 6.72. The number of carbonyl (C=O) groups is 1. The zero-order valence-corrected chi connectivity index (χ0v) is 21.7. The first kappa shape index (κ1) is 26.1. The lowest BCUT2D eigenvalue weighted by molar-refractivity contribution is -0.184. The van der Waals surface area contributed by atoms with Crippen LogP contribution in [-0.2, 0) is 0 Å². The minimum atomic E-state index is -4.45. The van der Waals surface area contributed by atoms with E-state index in [2.05, 4.69) is 25.8 Å². The first-order valence-corrected chi connectivity index (χ1v) is 12.5. The van der Waals surface area contributed by atoms with Gasteiger partial charge in [-0.15, -0.1) is 10.2 Å². The monoisotopic (exact) mass is 525 g/mol. The maximum absolute atomic E-state index is 14.3. The van der Waals surface area contributed by atoms with Crippen molar-refractivity contribution < 1.29 is 18.0 Å². The number of likely N-dealkylation sites (N-methyl/N-ethyl adjacent to an activating group) is 1. The van der Waals surface area contributed by atoms with Gasteiger partial charge in [0.25, 0.3) is 5.91 Å². The summed E-state index contributed by atoms with van der Waals surface area (Å²) in [7, 11) is 1.77. The van der Waals surface area contributed by atoms with Gasteiger partial charge < -0.3 is 10.6 Å². The van der Waals surface area contributed by atoms with E-state index in [1.54, 1.807) is 35.7 Å². The van der Waals surface area contributed by atoms with Gasteiger partial charge in [-0.05, 0) is 64.1 Å². The summed E-state index contributed by atoms with van der Waals surface area (Å²) in [6, 6.07) is 10.1. The van der Waals surface area contributed by atoms with Crippen molar-refractivity contribution >= 4 is 22.5 Å². The van der Waals surface area contributed by atoms with E-state index in [1.165, 1.54) is 17.2 Å². The van der Waals surface area contributed by atoms with Gasteiger partial charge in [0, 0.05) is 41.8 Å². The van der Waals surface area contributed by atoms with Crippen molar-refractivity contribution in [3.63, 3.8) is 0 Å². The molecule has 1 aliphatic heterocycles. The van der Waals surface area contributed by atoms with Gasteiger partial charge in [0.1, 0.15) is 11.7 Å². The average molecular weight is 526 g/mol. The second kappa shape index (κ2) is 9.63. The second-order valence-corrected chi connectivity index (χ2v) is 10.7. The number of rotatable bonds is 5. The molecule has 1 aliphatic rings. The fraction of sp³-hybridized carbons (Fsp3) is 0.407. The molecule has 8 nitrogen and oxygen atoms in total. The molecule has 38 heavy (non-hydrogen) atoms. The Hall–Kier alpha value is -3.57. The van der Waals surface area contributed by atoms with Gasteiger partial charge in [0.2, 0.25) is 0 Å². The molecule has 1 unspecified atom stereocenters. The fourth-order valence-corrected chi connectivity index (χ4v) is 4.90. The lowest BCUT2D eigenvalue weighted by atomic mass is 10.1. The van der Waals surface area contributed by atoms with Gasteiger partial charge in [-0.3, -0.25) is 14.1 Å². The van der Waals surface area contributed by atoms with Gasteiger partial charge in [0.15, 0.2) is 11.5 Å². The van der Waals surface area contributed by atoms with E-state index in [9.17, 15) is 18.0 Å². The van der Waals surface area contributed by atoms with Gasteiger partial charge in [0.05, 0.1) is 5.52 Å². The van der Waals surface area contributed by atoms with Crippen LogP contribution in [0.3, 0.4) is 0 Å². The van der Waals surface area contributed by atoms with E-state index >= 15 is 0 Å². The van der Waals surface area contributed by atoms with Crippen molar-refractivity contribution in [1.29, 1.82) is 0 Å². The number of aromatic nitrogens is 4. The zero-order chi connectivity index (χ0) is 27.2. The number of hydrogen-bond acceptors (Lipinski definition) is 6. The van der Waals surface area contributed by atoms with E-state index in [-0.39, 0.29) is 17.5 Å². The highest BCUT2D eigenvalue weighted by molar-refractivity contribution is 5.98. The summed E-state index contributed by atoms with van der Waals surface area (Å²) in [5, 5.41) is 15.2. The Morgan fingerprint density at radius 3 is 2.53 bits per heavy atom. The van der Waals surface area contributed by atoms with Crippen LogP contribution in [0.5, 0.6) is 0 Å². The summed E-state index contributed by atoms with van der Waals surface area (Å²) >= 11 is 0. The summed E-state index contributed by atoms with van der Waals surface area (Å²) in [5.41, 5.74) is 1.61. The maximum Gasteiger partial charge on any atom is 0.408 e. The molecule has 2 atom stereocenters. The number of amides is 1. The first-order valence-electron chi connectivity index (χ1n) is 12.5. The highest BCUT2D eigenvalue weighted by Gasteiger charge is 2.46. The van der Waals surface area contributed by atoms with Crippen LogP contribution in [0.15, 0.2) is 48.7 Å². The molecule has 1 aromatic carbocycles. The van der Waals surface area contributed by atoms with Crippen LogP contribution in [-0.4, -0.2) is 68.3 Å². The van der Waals surface area contributed by atoms with Gasteiger partial charge in [-0.2, -0.15) is 13.2 Å². The van der Waals surface area contributed by atoms with Crippen LogP contribution < -0.4 is 10.6 Å². The molecule has 2 N–H and O–H groups in total.